The molecule has 0 spiro atoms. The van der Waals surface area contributed by atoms with E-state index in [1.807, 2.05) is 12.1 Å². The highest BCUT2D eigenvalue weighted by molar-refractivity contribution is 9.10. The van der Waals surface area contributed by atoms with Crippen molar-refractivity contribution in [3.05, 3.63) is 76.1 Å². The molecule has 3 rings (SSSR count). The van der Waals surface area contributed by atoms with Gasteiger partial charge in [-0.25, -0.2) is 4.39 Å². The number of pyridine rings is 1. The van der Waals surface area contributed by atoms with E-state index >= 15 is 0 Å². The normalized spacial score (nSPS) is 13.5. The van der Waals surface area contributed by atoms with Gasteiger partial charge in [0.1, 0.15) is 11.3 Å². The van der Waals surface area contributed by atoms with Crippen LogP contribution < -0.4 is 5.32 Å². The van der Waals surface area contributed by atoms with Crippen molar-refractivity contribution < 1.29 is 9.18 Å². The average Bonchev–Trinajstić information content (AvgIpc) is 2.60. The first-order chi connectivity index (χ1) is 13.3. The van der Waals surface area contributed by atoms with Crippen molar-refractivity contribution in [1.29, 1.82) is 0 Å². The molecule has 0 aliphatic heterocycles. The number of hydrogen-bond donors (Lipinski definition) is 1. The number of nitrogens with one attached hydrogen (secondary N) is 1. The van der Waals surface area contributed by atoms with E-state index in [1.54, 1.807) is 18.2 Å². The Hall–Kier alpha value is -2.27. The van der Waals surface area contributed by atoms with Gasteiger partial charge in [0.05, 0.1) is 5.56 Å². The Balaban J connectivity index is 1.86. The van der Waals surface area contributed by atoms with Crippen LogP contribution in [-0.2, 0) is 6.42 Å². The molecule has 0 saturated heterocycles. The molecular formula is C23H24BrFN2O. The number of fused-ring (bicyclic) bond motifs is 1. The molecule has 1 aromatic heterocycles. The zero-order chi connectivity index (χ0) is 20.3. The van der Waals surface area contributed by atoms with Crippen molar-refractivity contribution in [2.75, 3.05) is 0 Å². The number of carbonyl (C=O) groups is 1. The molecule has 3 aromatic rings. The molecule has 0 aliphatic carbocycles. The molecule has 3 nitrogen and oxygen atoms in total. The van der Waals surface area contributed by atoms with Gasteiger partial charge in [-0.3, -0.25) is 9.78 Å². The number of rotatable bonds is 6. The van der Waals surface area contributed by atoms with Gasteiger partial charge in [0, 0.05) is 21.6 Å². The van der Waals surface area contributed by atoms with E-state index in [2.05, 4.69) is 59.1 Å². The van der Waals surface area contributed by atoms with Gasteiger partial charge >= 0.3 is 0 Å². The maximum Gasteiger partial charge on any atom is 0.253 e. The molecule has 5 heteroatoms. The van der Waals surface area contributed by atoms with Crippen molar-refractivity contribution in [2.45, 2.75) is 39.2 Å². The van der Waals surface area contributed by atoms with Crippen LogP contribution in [0.25, 0.3) is 10.9 Å². The summed E-state index contributed by atoms with van der Waals surface area (Å²) in [5.41, 5.74) is 1.44. The lowest BCUT2D eigenvalue weighted by Gasteiger charge is -2.33. The summed E-state index contributed by atoms with van der Waals surface area (Å²) in [4.78, 5) is 17.1. The predicted octanol–water partition coefficient (Wildman–Crippen LogP) is 5.91. The minimum Gasteiger partial charge on any atom is -0.346 e. The van der Waals surface area contributed by atoms with Gasteiger partial charge in [-0.15, -0.1) is 0 Å². The second kappa shape index (κ2) is 8.39. The monoisotopic (exact) mass is 442 g/mol. The summed E-state index contributed by atoms with van der Waals surface area (Å²) in [7, 11) is 0. The topological polar surface area (TPSA) is 42.0 Å². The number of aromatic nitrogens is 1. The maximum absolute atomic E-state index is 13.8. The summed E-state index contributed by atoms with van der Waals surface area (Å²) < 4.78 is 14.9. The third kappa shape index (κ3) is 4.96. The Morgan fingerprint density at radius 1 is 1.21 bits per heavy atom. The first kappa shape index (κ1) is 20.5. The summed E-state index contributed by atoms with van der Waals surface area (Å²) in [6.07, 6.45) is 2.99. The van der Waals surface area contributed by atoms with Crippen molar-refractivity contribution in [1.82, 2.24) is 10.3 Å². The Labute approximate surface area is 173 Å². The van der Waals surface area contributed by atoms with Crippen LogP contribution in [0.4, 0.5) is 4.39 Å². The van der Waals surface area contributed by atoms with Gasteiger partial charge < -0.3 is 5.32 Å². The molecular weight excluding hydrogens is 419 g/mol. The molecule has 1 atom stereocenters. The smallest absolute Gasteiger partial charge is 0.253 e. The van der Waals surface area contributed by atoms with Gasteiger partial charge in [0.2, 0.25) is 0 Å². The molecule has 0 radical (unpaired) electrons. The third-order valence-electron chi connectivity index (χ3n) is 4.68. The van der Waals surface area contributed by atoms with Crippen LogP contribution >= 0.6 is 15.9 Å². The fourth-order valence-corrected chi connectivity index (χ4v) is 4.21. The Bertz CT molecular complexity index is 1000. The zero-order valence-electron chi connectivity index (χ0n) is 16.3. The van der Waals surface area contributed by atoms with E-state index < -0.39 is 5.54 Å². The number of carbonyl (C=O) groups excluding carboxylic acids is 1. The summed E-state index contributed by atoms with van der Waals surface area (Å²) in [6.45, 7) is 6.36. The minimum absolute atomic E-state index is 0.197. The molecule has 28 heavy (non-hydrogen) atoms. The average molecular weight is 443 g/mol. The van der Waals surface area contributed by atoms with E-state index in [0.717, 1.165) is 16.5 Å². The van der Waals surface area contributed by atoms with Gasteiger partial charge in [0.15, 0.2) is 0 Å². The molecule has 1 N–H and O–H groups in total. The number of hydrogen-bond acceptors (Lipinski definition) is 2. The van der Waals surface area contributed by atoms with Gasteiger partial charge in [-0.2, -0.15) is 0 Å². The summed E-state index contributed by atoms with van der Waals surface area (Å²) in [5, 5.41) is 3.82. The van der Waals surface area contributed by atoms with Crippen LogP contribution in [0.3, 0.4) is 0 Å². The van der Waals surface area contributed by atoms with Crippen LogP contribution in [-0.4, -0.2) is 16.4 Å². The molecule has 1 amide bonds. The molecule has 2 aromatic carbocycles. The summed E-state index contributed by atoms with van der Waals surface area (Å²) >= 11 is 3.51. The number of para-hydroxylation sites is 1. The van der Waals surface area contributed by atoms with E-state index in [9.17, 15) is 9.18 Å². The highest BCUT2D eigenvalue weighted by Crippen LogP contribution is 2.25. The molecule has 0 fully saturated rings. The van der Waals surface area contributed by atoms with Crippen molar-refractivity contribution in [2.24, 2.45) is 5.92 Å². The second-order valence-corrected chi connectivity index (χ2v) is 8.87. The number of benzene rings is 2. The molecule has 1 heterocycles. The second-order valence-electron chi connectivity index (χ2n) is 7.96. The standard InChI is InChI=1S/C23H24BrFN2O/c1-15(2)12-23(3,13-16-6-4-8-19(24)10-16)27-22(28)18-11-17-7-5-9-20(25)21(17)26-14-18/h4-11,14-15H,12-13H2,1-3H3,(H,27,28). The fraction of sp³-hybridized carbons (Fsp3) is 0.304. The maximum atomic E-state index is 13.8. The van der Waals surface area contributed by atoms with Gasteiger partial charge in [-0.1, -0.05) is 54.0 Å². The number of amides is 1. The Morgan fingerprint density at radius 2 is 1.96 bits per heavy atom. The van der Waals surface area contributed by atoms with Crippen LogP contribution in [0, 0.1) is 11.7 Å². The van der Waals surface area contributed by atoms with Crippen molar-refractivity contribution in [3.8, 4) is 0 Å². The molecule has 0 aliphatic rings. The van der Waals surface area contributed by atoms with Crippen LogP contribution in [0.1, 0.15) is 43.1 Å². The van der Waals surface area contributed by atoms with Crippen LogP contribution in [0.5, 0.6) is 0 Å². The minimum atomic E-state index is -0.414. The van der Waals surface area contributed by atoms with Crippen molar-refractivity contribution in [3.63, 3.8) is 0 Å². The van der Waals surface area contributed by atoms with E-state index in [0.29, 0.717) is 23.3 Å². The van der Waals surface area contributed by atoms with E-state index in [1.165, 1.54) is 12.3 Å². The van der Waals surface area contributed by atoms with Crippen LogP contribution in [0.15, 0.2) is 59.2 Å². The van der Waals surface area contributed by atoms with E-state index in [-0.39, 0.29) is 17.2 Å². The molecule has 0 bridgehead atoms. The molecule has 0 saturated carbocycles. The van der Waals surface area contributed by atoms with Gasteiger partial charge in [-0.05, 0) is 55.5 Å². The van der Waals surface area contributed by atoms with Crippen LogP contribution in [0.2, 0.25) is 0 Å². The largest absolute Gasteiger partial charge is 0.346 e. The fourth-order valence-electron chi connectivity index (χ4n) is 3.76. The number of halogens is 2. The zero-order valence-corrected chi connectivity index (χ0v) is 17.9. The Morgan fingerprint density at radius 3 is 2.68 bits per heavy atom. The number of nitrogens with zero attached hydrogens (tertiary/aromatic N) is 1. The quantitative estimate of drug-likeness (QED) is 0.515. The van der Waals surface area contributed by atoms with Crippen molar-refractivity contribution >= 4 is 32.7 Å². The summed E-state index contributed by atoms with van der Waals surface area (Å²) in [5.74, 6) is -0.165. The highest BCUT2D eigenvalue weighted by Gasteiger charge is 2.28. The highest BCUT2D eigenvalue weighted by atomic mass is 79.9. The third-order valence-corrected chi connectivity index (χ3v) is 5.17. The summed E-state index contributed by atoms with van der Waals surface area (Å²) in [6, 6.07) is 14.6. The first-order valence-electron chi connectivity index (χ1n) is 9.37. The Kier molecular flexibility index (Phi) is 6.14. The predicted molar refractivity (Wildman–Crippen MR) is 115 cm³/mol. The SMILES string of the molecule is CC(C)CC(C)(Cc1cccc(Br)c1)NC(=O)c1cnc2c(F)cccc2c1. The molecule has 1 unspecified atom stereocenters. The molecule has 146 valence electrons. The van der Waals surface area contributed by atoms with E-state index in [4.69, 9.17) is 0 Å². The lowest BCUT2D eigenvalue weighted by molar-refractivity contribution is 0.0894. The lowest BCUT2D eigenvalue weighted by atomic mass is 9.84. The lowest BCUT2D eigenvalue weighted by Crippen LogP contribution is -2.48. The first-order valence-corrected chi connectivity index (χ1v) is 10.2. The van der Waals surface area contributed by atoms with Gasteiger partial charge in [0.25, 0.3) is 5.91 Å².